The van der Waals surface area contributed by atoms with Crippen molar-refractivity contribution in [2.45, 2.75) is 6.04 Å². The number of nitrogens with one attached hydrogen (secondary N) is 3. The van der Waals surface area contributed by atoms with E-state index in [4.69, 9.17) is 5.11 Å². The highest BCUT2D eigenvalue weighted by Crippen LogP contribution is 2.02. The number of amides is 2. The van der Waals surface area contributed by atoms with Crippen molar-refractivity contribution in [3.05, 3.63) is 30.5 Å². The second kappa shape index (κ2) is 5.78. The van der Waals surface area contributed by atoms with Crippen molar-refractivity contribution in [3.8, 4) is 0 Å². The molecule has 19 heavy (non-hydrogen) atoms. The van der Waals surface area contributed by atoms with Crippen LogP contribution in [0.3, 0.4) is 0 Å². The van der Waals surface area contributed by atoms with Crippen LogP contribution in [0.1, 0.15) is 10.5 Å². The number of H-pyrrole nitrogens is 1. The molecule has 1 atom stereocenters. The van der Waals surface area contributed by atoms with Crippen LogP contribution in [-0.4, -0.2) is 44.7 Å². The molecule has 0 aliphatic rings. The average molecular weight is 265 g/mol. The predicted octanol–water partition coefficient (Wildman–Crippen LogP) is -0.873. The number of hydrogen-bond donors (Lipinski definition) is 4. The van der Waals surface area contributed by atoms with Crippen molar-refractivity contribution >= 4 is 17.6 Å². The van der Waals surface area contributed by atoms with Crippen LogP contribution in [0.4, 0.5) is 5.82 Å². The molecule has 2 rings (SSSR count). The van der Waals surface area contributed by atoms with E-state index < -0.39 is 24.5 Å². The maximum absolute atomic E-state index is 11.8. The molecule has 9 heteroatoms. The number of anilines is 1. The number of rotatable bonds is 5. The minimum atomic E-state index is -1.10. The second-order valence-corrected chi connectivity index (χ2v) is 3.55. The third kappa shape index (κ3) is 3.16. The number of imidazole rings is 1. The predicted molar refractivity (Wildman–Crippen MR) is 62.1 cm³/mol. The van der Waals surface area contributed by atoms with Crippen LogP contribution in [0.25, 0.3) is 0 Å². The van der Waals surface area contributed by atoms with Crippen molar-refractivity contribution in [3.63, 3.8) is 0 Å². The lowest BCUT2D eigenvalue weighted by Gasteiger charge is -2.14. The van der Waals surface area contributed by atoms with Gasteiger partial charge in [0, 0.05) is 6.07 Å². The number of carbonyl (C=O) groups is 2. The minimum absolute atomic E-state index is 0.188. The van der Waals surface area contributed by atoms with Gasteiger partial charge < -0.3 is 25.2 Å². The Labute approximate surface area is 107 Å². The maximum Gasteiger partial charge on any atom is 0.270 e. The minimum Gasteiger partial charge on any atom is -0.394 e. The average Bonchev–Trinajstić information content (AvgIpc) is 3.07. The molecule has 0 spiro atoms. The summed E-state index contributed by atoms with van der Waals surface area (Å²) in [7, 11) is 0. The third-order valence-electron chi connectivity index (χ3n) is 2.24. The molecule has 0 saturated heterocycles. The first-order valence-corrected chi connectivity index (χ1v) is 5.32. The topological polar surface area (TPSA) is 133 Å². The van der Waals surface area contributed by atoms with E-state index in [1.807, 2.05) is 0 Å². The number of aliphatic hydroxyl groups is 1. The molecule has 2 aromatic heterocycles. The molecule has 0 fully saturated rings. The molecular formula is C10H11N5O4. The van der Waals surface area contributed by atoms with E-state index in [0.29, 0.717) is 0 Å². The summed E-state index contributed by atoms with van der Waals surface area (Å²) in [5.41, 5.74) is 0.188. The van der Waals surface area contributed by atoms with Crippen molar-refractivity contribution in [2.75, 3.05) is 11.9 Å². The van der Waals surface area contributed by atoms with E-state index in [9.17, 15) is 9.59 Å². The Morgan fingerprint density at radius 1 is 1.53 bits per heavy atom. The van der Waals surface area contributed by atoms with Crippen LogP contribution < -0.4 is 10.6 Å². The Bertz CT molecular complexity index is 536. The van der Waals surface area contributed by atoms with Crippen LogP contribution in [0.15, 0.2) is 29.4 Å². The zero-order valence-electron chi connectivity index (χ0n) is 9.66. The summed E-state index contributed by atoms with van der Waals surface area (Å²) in [5.74, 6) is -0.963. The zero-order valence-corrected chi connectivity index (χ0v) is 9.66. The number of aromatic nitrogens is 3. The monoisotopic (exact) mass is 265 g/mol. The standard InChI is InChI=1S/C10H11N5O4/c16-4-7(10(18)14-8-1-2-19-15-8)13-9(17)6-3-11-5-12-6/h1-3,5,7,16H,4H2,(H,11,12)(H,13,17)(H,14,15,18)/t7-/m0/s1. The molecule has 0 aromatic carbocycles. The van der Waals surface area contributed by atoms with E-state index in [1.54, 1.807) is 0 Å². The molecule has 4 N–H and O–H groups in total. The summed E-state index contributed by atoms with van der Waals surface area (Å²) >= 11 is 0. The fraction of sp³-hybridized carbons (Fsp3) is 0.200. The first-order chi connectivity index (χ1) is 9.20. The highest BCUT2D eigenvalue weighted by molar-refractivity contribution is 5.99. The van der Waals surface area contributed by atoms with Gasteiger partial charge in [0.1, 0.15) is 18.0 Å². The Morgan fingerprint density at radius 2 is 2.37 bits per heavy atom. The van der Waals surface area contributed by atoms with Crippen LogP contribution >= 0.6 is 0 Å². The number of aliphatic hydroxyl groups excluding tert-OH is 1. The summed E-state index contributed by atoms with van der Waals surface area (Å²) in [6, 6.07) is 0.329. The quantitative estimate of drug-likeness (QED) is 0.555. The Kier molecular flexibility index (Phi) is 3.88. The van der Waals surface area contributed by atoms with Gasteiger partial charge in [0.25, 0.3) is 11.8 Å². The van der Waals surface area contributed by atoms with Gasteiger partial charge in [0.15, 0.2) is 5.82 Å². The molecule has 100 valence electrons. The van der Waals surface area contributed by atoms with Gasteiger partial charge in [-0.3, -0.25) is 9.59 Å². The van der Waals surface area contributed by atoms with Gasteiger partial charge in [-0.25, -0.2) is 4.98 Å². The Morgan fingerprint density at radius 3 is 2.95 bits per heavy atom. The van der Waals surface area contributed by atoms with E-state index in [0.717, 1.165) is 0 Å². The summed E-state index contributed by atoms with van der Waals surface area (Å²) < 4.78 is 4.54. The molecule has 0 saturated carbocycles. The van der Waals surface area contributed by atoms with Crippen molar-refractivity contribution in [1.29, 1.82) is 0 Å². The number of nitrogens with zero attached hydrogens (tertiary/aromatic N) is 2. The third-order valence-corrected chi connectivity index (χ3v) is 2.24. The fourth-order valence-electron chi connectivity index (χ4n) is 1.30. The second-order valence-electron chi connectivity index (χ2n) is 3.55. The van der Waals surface area contributed by atoms with Gasteiger partial charge in [-0.15, -0.1) is 0 Å². The largest absolute Gasteiger partial charge is 0.394 e. The highest BCUT2D eigenvalue weighted by Gasteiger charge is 2.21. The Balaban J connectivity index is 1.96. The molecule has 2 aromatic rings. The maximum atomic E-state index is 11.8. The van der Waals surface area contributed by atoms with Gasteiger partial charge in [0.2, 0.25) is 0 Å². The van der Waals surface area contributed by atoms with Crippen LogP contribution in [-0.2, 0) is 4.79 Å². The molecule has 0 aliphatic carbocycles. The molecule has 9 nitrogen and oxygen atoms in total. The van der Waals surface area contributed by atoms with E-state index in [2.05, 4.69) is 30.3 Å². The number of carbonyl (C=O) groups excluding carboxylic acids is 2. The van der Waals surface area contributed by atoms with Gasteiger partial charge >= 0.3 is 0 Å². The summed E-state index contributed by atoms with van der Waals surface area (Å²) in [6.07, 6.45) is 3.92. The van der Waals surface area contributed by atoms with Crippen molar-refractivity contribution in [2.24, 2.45) is 0 Å². The summed E-state index contributed by atoms with van der Waals surface area (Å²) in [5, 5.41) is 17.3. The molecule has 2 amide bonds. The lowest BCUT2D eigenvalue weighted by Crippen LogP contribution is -2.46. The fourth-order valence-corrected chi connectivity index (χ4v) is 1.30. The van der Waals surface area contributed by atoms with Crippen molar-refractivity contribution < 1.29 is 19.2 Å². The first kappa shape index (κ1) is 12.8. The normalized spacial score (nSPS) is 11.8. The summed E-state index contributed by atoms with van der Waals surface area (Å²) in [6.45, 7) is -0.552. The lowest BCUT2D eigenvalue weighted by atomic mass is 10.2. The highest BCUT2D eigenvalue weighted by atomic mass is 16.5. The van der Waals surface area contributed by atoms with Gasteiger partial charge in [0.05, 0.1) is 19.1 Å². The number of hydrogen-bond acceptors (Lipinski definition) is 6. The molecular weight excluding hydrogens is 254 g/mol. The van der Waals surface area contributed by atoms with E-state index in [1.165, 1.54) is 24.9 Å². The first-order valence-electron chi connectivity index (χ1n) is 5.32. The van der Waals surface area contributed by atoms with E-state index in [-0.39, 0.29) is 11.5 Å². The molecule has 2 heterocycles. The number of aromatic amines is 1. The van der Waals surface area contributed by atoms with Crippen LogP contribution in [0.5, 0.6) is 0 Å². The van der Waals surface area contributed by atoms with Gasteiger partial charge in [-0.2, -0.15) is 0 Å². The molecule has 0 bridgehead atoms. The van der Waals surface area contributed by atoms with Crippen LogP contribution in [0, 0.1) is 0 Å². The van der Waals surface area contributed by atoms with Crippen molar-refractivity contribution in [1.82, 2.24) is 20.4 Å². The molecule has 0 aliphatic heterocycles. The molecule has 0 unspecified atom stereocenters. The Hall–Kier alpha value is -2.68. The zero-order chi connectivity index (χ0) is 13.7. The summed E-state index contributed by atoms with van der Waals surface area (Å²) in [4.78, 5) is 29.7. The van der Waals surface area contributed by atoms with E-state index >= 15 is 0 Å². The molecule has 0 radical (unpaired) electrons. The lowest BCUT2D eigenvalue weighted by molar-refractivity contribution is -0.118. The van der Waals surface area contributed by atoms with Gasteiger partial charge in [-0.05, 0) is 0 Å². The SMILES string of the molecule is O=C(N[C@@H](CO)C(=O)Nc1ccon1)c1cnc[nH]1. The van der Waals surface area contributed by atoms with Crippen LogP contribution in [0.2, 0.25) is 0 Å². The smallest absolute Gasteiger partial charge is 0.270 e. The van der Waals surface area contributed by atoms with Gasteiger partial charge in [-0.1, -0.05) is 5.16 Å².